The molecule has 1 saturated heterocycles. The fraction of sp³-hybridized carbons (Fsp3) is 0.353. The first-order valence-electron chi connectivity index (χ1n) is 8.44. The van der Waals surface area contributed by atoms with Gasteiger partial charge in [-0.3, -0.25) is 9.69 Å². The van der Waals surface area contributed by atoms with Crippen molar-refractivity contribution in [2.45, 2.75) is 17.2 Å². The van der Waals surface area contributed by atoms with Gasteiger partial charge in [-0.25, -0.2) is 8.42 Å². The molecule has 2 aromatic rings. The zero-order valence-electron chi connectivity index (χ0n) is 14.9. The number of hydrogen-bond donors (Lipinski definition) is 1. The topological polar surface area (TPSA) is 69.7 Å². The number of thiophene rings is 1. The molecule has 1 fully saturated rings. The van der Waals surface area contributed by atoms with Gasteiger partial charge in [-0.2, -0.15) is 4.31 Å². The van der Waals surface area contributed by atoms with Crippen LogP contribution in [-0.2, 0) is 14.8 Å². The van der Waals surface area contributed by atoms with E-state index in [1.54, 1.807) is 31.2 Å². The minimum absolute atomic E-state index is 0.229. The van der Waals surface area contributed by atoms with Crippen LogP contribution in [0.15, 0.2) is 34.5 Å². The highest BCUT2D eigenvalue weighted by atomic mass is 35.5. The predicted molar refractivity (Wildman–Crippen MR) is 114 cm³/mol. The second-order valence-corrected chi connectivity index (χ2v) is 10.9. The Balaban J connectivity index is 1.61. The SMILES string of the molecule is CC(C(=O)Nc1cccc(Cl)c1Cl)N1CCN(S(=O)(=O)c2ccc(Cl)s2)CC1. The molecule has 1 aromatic carbocycles. The van der Waals surface area contributed by atoms with E-state index in [-0.39, 0.29) is 15.1 Å². The molecule has 11 heteroatoms. The summed E-state index contributed by atoms with van der Waals surface area (Å²) < 4.78 is 27.4. The van der Waals surface area contributed by atoms with Crippen molar-refractivity contribution in [3.8, 4) is 0 Å². The first-order valence-corrected chi connectivity index (χ1v) is 11.8. The summed E-state index contributed by atoms with van der Waals surface area (Å²) in [5.74, 6) is -0.231. The number of piperazine rings is 1. The zero-order chi connectivity index (χ0) is 20.5. The third-order valence-electron chi connectivity index (χ3n) is 4.55. The van der Waals surface area contributed by atoms with Crippen molar-refractivity contribution in [1.29, 1.82) is 0 Å². The Bertz CT molecular complexity index is 973. The molecule has 0 radical (unpaired) electrons. The lowest BCUT2D eigenvalue weighted by Crippen LogP contribution is -2.53. The Morgan fingerprint density at radius 1 is 1.11 bits per heavy atom. The molecule has 0 aliphatic carbocycles. The molecular formula is C17H18Cl3N3O3S2. The molecule has 1 N–H and O–H groups in total. The van der Waals surface area contributed by atoms with Gasteiger partial charge >= 0.3 is 0 Å². The fourth-order valence-electron chi connectivity index (χ4n) is 2.90. The third-order valence-corrected chi connectivity index (χ3v) is 8.97. The molecule has 1 aliphatic rings. The second kappa shape index (κ2) is 8.87. The number of carbonyl (C=O) groups is 1. The van der Waals surface area contributed by atoms with Crippen molar-refractivity contribution in [2.24, 2.45) is 0 Å². The number of sulfonamides is 1. The Morgan fingerprint density at radius 2 is 1.79 bits per heavy atom. The minimum Gasteiger partial charge on any atom is -0.323 e. The van der Waals surface area contributed by atoms with Gasteiger partial charge in [0, 0.05) is 26.2 Å². The third kappa shape index (κ3) is 4.64. The molecule has 1 aromatic heterocycles. The normalized spacial score (nSPS) is 17.4. The molecule has 152 valence electrons. The molecule has 0 bridgehead atoms. The molecule has 6 nitrogen and oxygen atoms in total. The monoisotopic (exact) mass is 481 g/mol. The molecule has 2 heterocycles. The van der Waals surface area contributed by atoms with Gasteiger partial charge in [-0.15, -0.1) is 11.3 Å². The van der Waals surface area contributed by atoms with E-state index in [4.69, 9.17) is 34.8 Å². The van der Waals surface area contributed by atoms with E-state index in [0.717, 1.165) is 11.3 Å². The molecule has 3 rings (SSSR count). The van der Waals surface area contributed by atoms with Crippen LogP contribution in [0.5, 0.6) is 0 Å². The van der Waals surface area contributed by atoms with Crippen molar-refractivity contribution < 1.29 is 13.2 Å². The lowest BCUT2D eigenvalue weighted by molar-refractivity contribution is -0.121. The first kappa shape index (κ1) is 21.8. The number of nitrogens with one attached hydrogen (secondary N) is 1. The molecule has 0 saturated carbocycles. The van der Waals surface area contributed by atoms with Crippen LogP contribution in [-0.4, -0.2) is 55.8 Å². The maximum Gasteiger partial charge on any atom is 0.252 e. The summed E-state index contributed by atoms with van der Waals surface area (Å²) in [6.07, 6.45) is 0. The molecule has 28 heavy (non-hydrogen) atoms. The van der Waals surface area contributed by atoms with Gasteiger partial charge in [0.25, 0.3) is 10.0 Å². The molecule has 1 amide bonds. The van der Waals surface area contributed by atoms with Crippen molar-refractivity contribution in [3.63, 3.8) is 0 Å². The number of nitrogens with zero attached hydrogens (tertiary/aromatic N) is 2. The lowest BCUT2D eigenvalue weighted by atomic mass is 10.2. The van der Waals surface area contributed by atoms with Crippen molar-refractivity contribution in [1.82, 2.24) is 9.21 Å². The van der Waals surface area contributed by atoms with Crippen molar-refractivity contribution in [2.75, 3.05) is 31.5 Å². The van der Waals surface area contributed by atoms with Gasteiger partial charge in [-0.1, -0.05) is 40.9 Å². The van der Waals surface area contributed by atoms with E-state index in [1.165, 1.54) is 10.4 Å². The largest absolute Gasteiger partial charge is 0.323 e. The summed E-state index contributed by atoms with van der Waals surface area (Å²) in [6.45, 7) is 3.25. The number of anilines is 1. The minimum atomic E-state index is -3.56. The molecular weight excluding hydrogens is 465 g/mol. The van der Waals surface area contributed by atoms with E-state index in [0.29, 0.717) is 41.2 Å². The van der Waals surface area contributed by atoms with Gasteiger partial charge < -0.3 is 5.32 Å². The summed E-state index contributed by atoms with van der Waals surface area (Å²) in [7, 11) is -3.56. The van der Waals surface area contributed by atoms with Crippen LogP contribution in [0.3, 0.4) is 0 Å². The number of amides is 1. The maximum absolute atomic E-state index is 12.7. The van der Waals surface area contributed by atoms with Crippen LogP contribution in [0.2, 0.25) is 14.4 Å². The smallest absolute Gasteiger partial charge is 0.252 e. The van der Waals surface area contributed by atoms with Crippen LogP contribution in [0.1, 0.15) is 6.92 Å². The summed E-state index contributed by atoms with van der Waals surface area (Å²) >= 11 is 19.0. The van der Waals surface area contributed by atoms with E-state index in [2.05, 4.69) is 5.32 Å². The Morgan fingerprint density at radius 3 is 2.39 bits per heavy atom. The standard InChI is InChI=1S/C17H18Cl3N3O3S2/c1-11(17(24)21-13-4-2-3-12(18)16(13)20)22-7-9-23(10-8-22)28(25,26)15-6-5-14(19)27-15/h2-6,11H,7-10H2,1H3,(H,21,24). The lowest BCUT2D eigenvalue weighted by Gasteiger charge is -2.36. The van der Waals surface area contributed by atoms with Crippen molar-refractivity contribution >= 4 is 67.8 Å². The first-order chi connectivity index (χ1) is 13.2. The van der Waals surface area contributed by atoms with E-state index in [9.17, 15) is 13.2 Å². The van der Waals surface area contributed by atoms with E-state index in [1.807, 2.05) is 4.90 Å². The van der Waals surface area contributed by atoms with E-state index < -0.39 is 16.1 Å². The van der Waals surface area contributed by atoms with Crippen LogP contribution >= 0.6 is 46.1 Å². The number of rotatable bonds is 5. The number of carbonyl (C=O) groups excluding carboxylic acids is 1. The van der Waals surface area contributed by atoms with E-state index >= 15 is 0 Å². The van der Waals surface area contributed by atoms with Gasteiger partial charge in [0.2, 0.25) is 5.91 Å². The average molecular weight is 483 g/mol. The van der Waals surface area contributed by atoms with Crippen molar-refractivity contribution in [3.05, 3.63) is 44.7 Å². The fourth-order valence-corrected chi connectivity index (χ4v) is 6.31. The molecule has 1 aliphatic heterocycles. The van der Waals surface area contributed by atoms with Crippen LogP contribution in [0.4, 0.5) is 5.69 Å². The summed E-state index contributed by atoms with van der Waals surface area (Å²) in [5.41, 5.74) is 0.446. The Labute approximate surface area is 183 Å². The number of hydrogen-bond acceptors (Lipinski definition) is 5. The Kier molecular flexibility index (Phi) is 6.92. The maximum atomic E-state index is 12.7. The van der Waals surface area contributed by atoms with Crippen LogP contribution in [0, 0.1) is 0 Å². The highest BCUT2D eigenvalue weighted by Crippen LogP contribution is 2.30. The highest BCUT2D eigenvalue weighted by molar-refractivity contribution is 7.91. The van der Waals surface area contributed by atoms with Crippen LogP contribution in [0.25, 0.3) is 0 Å². The van der Waals surface area contributed by atoms with Gasteiger partial charge in [0.1, 0.15) is 4.21 Å². The van der Waals surface area contributed by atoms with Gasteiger partial charge in [0.05, 0.1) is 26.1 Å². The summed E-state index contributed by atoms with van der Waals surface area (Å²) in [4.78, 5) is 14.5. The Hall–Kier alpha value is -0.870. The predicted octanol–water partition coefficient (Wildman–Crippen LogP) is 4.04. The second-order valence-electron chi connectivity index (χ2n) is 6.27. The van der Waals surface area contributed by atoms with Crippen LogP contribution < -0.4 is 5.32 Å². The van der Waals surface area contributed by atoms with Gasteiger partial charge in [0.15, 0.2) is 0 Å². The zero-order valence-corrected chi connectivity index (χ0v) is 18.8. The number of benzene rings is 1. The quantitative estimate of drug-likeness (QED) is 0.698. The summed E-state index contributed by atoms with van der Waals surface area (Å²) in [5, 5.41) is 3.42. The molecule has 1 unspecified atom stereocenters. The molecule has 0 spiro atoms. The highest BCUT2D eigenvalue weighted by Gasteiger charge is 2.32. The number of halogens is 3. The molecule has 1 atom stereocenters. The summed E-state index contributed by atoms with van der Waals surface area (Å²) in [6, 6.07) is 7.66. The van der Waals surface area contributed by atoms with Gasteiger partial charge in [-0.05, 0) is 31.2 Å². The average Bonchev–Trinajstić information content (AvgIpc) is 3.12.